The molecule has 0 aliphatic heterocycles. The van der Waals surface area contributed by atoms with Crippen LogP contribution in [0.2, 0.25) is 13.1 Å². The molecule has 116 valence electrons. The monoisotopic (exact) mass is 302 g/mol. The molecule has 2 aliphatic carbocycles. The first-order valence-electron chi connectivity index (χ1n) is 8.14. The van der Waals surface area contributed by atoms with E-state index in [2.05, 4.69) is 77.2 Å². The summed E-state index contributed by atoms with van der Waals surface area (Å²) in [6.45, 7) is 14.8. The van der Waals surface area contributed by atoms with Crippen molar-refractivity contribution in [1.29, 1.82) is 0 Å². The van der Waals surface area contributed by atoms with E-state index in [9.17, 15) is 0 Å². The molecule has 21 heavy (non-hydrogen) atoms. The van der Waals surface area contributed by atoms with Crippen LogP contribution in [-0.2, 0) is 4.74 Å². The predicted octanol–water partition coefficient (Wildman–Crippen LogP) is 5.37. The van der Waals surface area contributed by atoms with Crippen molar-refractivity contribution in [3.63, 3.8) is 0 Å². The van der Waals surface area contributed by atoms with Crippen LogP contribution in [0.25, 0.3) is 0 Å². The van der Waals surface area contributed by atoms with Gasteiger partial charge in [0.2, 0.25) is 0 Å². The van der Waals surface area contributed by atoms with E-state index in [0.29, 0.717) is 0 Å². The molecule has 0 N–H and O–H groups in total. The van der Waals surface area contributed by atoms with Crippen LogP contribution in [0, 0.1) is 5.41 Å². The average molecular weight is 303 g/mol. The standard InChI is InChI=1S/C19H30OSi/c1-7-20-19(21(5,6)16-12-8-9-13-16)15-11-10-14-17(19)18(2,3)4/h8,10-14H,7,9,15H2,1-6H3. The Labute approximate surface area is 131 Å². The molecule has 1 atom stereocenters. The van der Waals surface area contributed by atoms with E-state index in [1.54, 1.807) is 5.20 Å². The normalized spacial score (nSPS) is 26.0. The third-order valence-electron chi connectivity index (χ3n) is 4.94. The van der Waals surface area contributed by atoms with E-state index in [0.717, 1.165) is 19.4 Å². The molecule has 2 aliphatic rings. The molecule has 0 fully saturated rings. The van der Waals surface area contributed by atoms with Gasteiger partial charge in [0, 0.05) is 6.61 Å². The van der Waals surface area contributed by atoms with E-state index in [-0.39, 0.29) is 10.6 Å². The van der Waals surface area contributed by atoms with E-state index < -0.39 is 8.07 Å². The summed E-state index contributed by atoms with van der Waals surface area (Å²) < 4.78 is 6.55. The van der Waals surface area contributed by atoms with Crippen LogP contribution in [0.1, 0.15) is 40.5 Å². The van der Waals surface area contributed by atoms with E-state index >= 15 is 0 Å². The second kappa shape index (κ2) is 5.73. The summed E-state index contributed by atoms with van der Waals surface area (Å²) in [7, 11) is -1.78. The van der Waals surface area contributed by atoms with Gasteiger partial charge in [-0.3, -0.25) is 0 Å². The van der Waals surface area contributed by atoms with Crippen LogP contribution in [0.3, 0.4) is 0 Å². The third-order valence-corrected chi connectivity index (χ3v) is 9.39. The molecule has 0 bridgehead atoms. The highest BCUT2D eigenvalue weighted by Gasteiger charge is 2.54. The molecule has 0 saturated heterocycles. The molecule has 0 amide bonds. The third kappa shape index (κ3) is 2.76. The molecule has 0 aromatic heterocycles. The van der Waals surface area contributed by atoms with Gasteiger partial charge in [-0.1, -0.05) is 75.5 Å². The van der Waals surface area contributed by atoms with Crippen molar-refractivity contribution >= 4 is 8.07 Å². The molecule has 0 heterocycles. The van der Waals surface area contributed by atoms with Crippen LogP contribution in [0.5, 0.6) is 0 Å². The maximum absolute atomic E-state index is 6.55. The lowest BCUT2D eigenvalue weighted by Crippen LogP contribution is -2.60. The van der Waals surface area contributed by atoms with Crippen LogP contribution in [-0.4, -0.2) is 19.9 Å². The SMILES string of the molecule is CCOC1([Si](C)(C)C2=CCC=C2)CC=CC=C1C(C)(C)C. The fourth-order valence-corrected chi connectivity index (χ4v) is 7.70. The minimum atomic E-state index is -1.78. The summed E-state index contributed by atoms with van der Waals surface area (Å²) in [5.41, 5.74) is 1.60. The Kier molecular flexibility index (Phi) is 4.51. The van der Waals surface area contributed by atoms with Crippen molar-refractivity contribution in [3.8, 4) is 0 Å². The number of hydrogen-bond acceptors (Lipinski definition) is 1. The van der Waals surface area contributed by atoms with Gasteiger partial charge in [-0.15, -0.1) is 0 Å². The lowest BCUT2D eigenvalue weighted by molar-refractivity contribution is 0.0341. The van der Waals surface area contributed by atoms with Crippen molar-refractivity contribution in [3.05, 3.63) is 47.2 Å². The molecule has 0 aromatic rings. The highest BCUT2D eigenvalue weighted by Crippen LogP contribution is 2.48. The summed E-state index contributed by atoms with van der Waals surface area (Å²) in [4.78, 5) is 0. The van der Waals surface area contributed by atoms with Gasteiger partial charge in [0.05, 0.1) is 5.22 Å². The topological polar surface area (TPSA) is 9.23 Å². The Bertz CT molecular complexity index is 514. The zero-order valence-electron chi connectivity index (χ0n) is 14.5. The van der Waals surface area contributed by atoms with Gasteiger partial charge >= 0.3 is 0 Å². The summed E-state index contributed by atoms with van der Waals surface area (Å²) in [6.07, 6.45) is 15.9. The van der Waals surface area contributed by atoms with Crippen molar-refractivity contribution in [2.45, 2.75) is 58.9 Å². The Balaban J connectivity index is 2.57. The summed E-state index contributed by atoms with van der Waals surface area (Å²) in [5.74, 6) is 0. The molecule has 0 aromatic carbocycles. The largest absolute Gasteiger partial charge is 0.374 e. The first-order valence-corrected chi connectivity index (χ1v) is 11.1. The Morgan fingerprint density at radius 2 is 1.95 bits per heavy atom. The molecule has 1 unspecified atom stereocenters. The van der Waals surface area contributed by atoms with Gasteiger partial charge < -0.3 is 4.74 Å². The van der Waals surface area contributed by atoms with E-state index in [1.165, 1.54) is 5.57 Å². The molecule has 1 nitrogen and oxygen atoms in total. The van der Waals surface area contributed by atoms with Crippen LogP contribution < -0.4 is 0 Å². The van der Waals surface area contributed by atoms with Crippen LogP contribution in [0.4, 0.5) is 0 Å². The summed E-state index contributed by atoms with van der Waals surface area (Å²) in [6, 6.07) is 0. The molecular formula is C19H30OSi. The maximum atomic E-state index is 6.55. The fourth-order valence-electron chi connectivity index (χ4n) is 3.81. The molecule has 2 heteroatoms. The zero-order valence-corrected chi connectivity index (χ0v) is 15.5. The highest BCUT2D eigenvalue weighted by atomic mass is 28.3. The number of hydrogen-bond donors (Lipinski definition) is 0. The van der Waals surface area contributed by atoms with Crippen molar-refractivity contribution in [1.82, 2.24) is 0 Å². The Morgan fingerprint density at radius 1 is 1.24 bits per heavy atom. The fraction of sp³-hybridized carbons (Fsp3) is 0.579. The molecule has 0 radical (unpaired) electrons. The van der Waals surface area contributed by atoms with E-state index in [4.69, 9.17) is 4.74 Å². The number of rotatable bonds is 4. The Morgan fingerprint density at radius 3 is 2.48 bits per heavy atom. The van der Waals surface area contributed by atoms with Crippen molar-refractivity contribution in [2.24, 2.45) is 5.41 Å². The van der Waals surface area contributed by atoms with Gasteiger partial charge in [-0.2, -0.15) is 0 Å². The second-order valence-corrected chi connectivity index (χ2v) is 12.3. The maximum Gasteiger partial charge on any atom is 0.122 e. The minimum absolute atomic E-state index is 0.116. The highest BCUT2D eigenvalue weighted by molar-refractivity contribution is 6.88. The summed E-state index contributed by atoms with van der Waals surface area (Å²) >= 11 is 0. The van der Waals surface area contributed by atoms with Gasteiger partial charge in [0.15, 0.2) is 0 Å². The second-order valence-electron chi connectivity index (χ2n) is 7.65. The van der Waals surface area contributed by atoms with Gasteiger partial charge in [0.1, 0.15) is 8.07 Å². The number of allylic oxidation sites excluding steroid dienone is 6. The van der Waals surface area contributed by atoms with Crippen LogP contribution >= 0.6 is 0 Å². The predicted molar refractivity (Wildman–Crippen MR) is 95.0 cm³/mol. The quantitative estimate of drug-likeness (QED) is 0.635. The molecular weight excluding hydrogens is 272 g/mol. The van der Waals surface area contributed by atoms with Crippen molar-refractivity contribution < 1.29 is 4.74 Å². The summed E-state index contributed by atoms with van der Waals surface area (Å²) in [5, 5.41) is 1.43. The zero-order chi connectivity index (χ0) is 15.7. The average Bonchev–Trinajstić information content (AvgIpc) is 2.92. The van der Waals surface area contributed by atoms with E-state index in [1.807, 2.05) is 0 Å². The lowest BCUT2D eigenvalue weighted by atomic mass is 9.79. The smallest absolute Gasteiger partial charge is 0.122 e. The van der Waals surface area contributed by atoms with Gasteiger partial charge in [-0.05, 0) is 30.8 Å². The van der Waals surface area contributed by atoms with Crippen molar-refractivity contribution in [2.75, 3.05) is 6.61 Å². The minimum Gasteiger partial charge on any atom is -0.374 e. The number of ether oxygens (including phenoxy) is 1. The Hall–Kier alpha value is -0.863. The van der Waals surface area contributed by atoms with Gasteiger partial charge in [0.25, 0.3) is 0 Å². The molecule has 2 rings (SSSR count). The van der Waals surface area contributed by atoms with Gasteiger partial charge in [-0.25, -0.2) is 0 Å². The first kappa shape index (κ1) is 16.5. The molecule has 0 spiro atoms. The molecule has 0 saturated carbocycles. The lowest BCUT2D eigenvalue weighted by Gasteiger charge is -2.51. The van der Waals surface area contributed by atoms with Crippen LogP contribution in [0.15, 0.2) is 47.2 Å². The first-order chi connectivity index (χ1) is 9.75.